The smallest absolute Gasteiger partial charge is 0.248 e. The third-order valence-corrected chi connectivity index (χ3v) is 4.52. The lowest BCUT2D eigenvalue weighted by Gasteiger charge is -2.08. The van der Waals surface area contributed by atoms with Crippen molar-refractivity contribution < 1.29 is 21.6 Å². The van der Waals surface area contributed by atoms with Gasteiger partial charge in [-0.2, -0.15) is 13.2 Å². The van der Waals surface area contributed by atoms with Crippen LogP contribution in [0.25, 0.3) is 0 Å². The van der Waals surface area contributed by atoms with Gasteiger partial charge in [0.25, 0.3) is 0 Å². The van der Waals surface area contributed by atoms with E-state index in [1.165, 1.54) is 0 Å². The molecule has 0 atom stereocenters. The Morgan fingerprint density at radius 3 is 2.44 bits per heavy atom. The molecular weight excluding hydrogens is 334 g/mol. The van der Waals surface area contributed by atoms with Crippen molar-refractivity contribution in [2.75, 3.05) is 11.5 Å². The van der Waals surface area contributed by atoms with E-state index in [4.69, 9.17) is 22.3 Å². The molecule has 0 unspecified atom stereocenters. The van der Waals surface area contributed by atoms with E-state index < -0.39 is 20.8 Å². The molecule has 0 saturated carbocycles. The lowest BCUT2D eigenvalue weighted by Crippen LogP contribution is -2.06. The average Bonchev–Trinajstić information content (AvgIpc) is 2.17. The van der Waals surface area contributed by atoms with Gasteiger partial charge in [0.2, 0.25) is 9.05 Å². The Bertz CT molecular complexity index is 534. The van der Waals surface area contributed by atoms with Crippen LogP contribution < -0.4 is 0 Å². The zero-order chi connectivity index (χ0) is 14.0. The highest BCUT2D eigenvalue weighted by atomic mass is 35.7. The van der Waals surface area contributed by atoms with E-state index in [0.717, 1.165) is 17.8 Å². The van der Waals surface area contributed by atoms with Gasteiger partial charge in [-0.3, -0.25) is 0 Å². The third-order valence-electron chi connectivity index (χ3n) is 1.70. The first-order valence-electron chi connectivity index (χ1n) is 4.37. The molecule has 0 fully saturated rings. The topological polar surface area (TPSA) is 47.0 Å². The number of alkyl halides is 3. The van der Waals surface area contributed by atoms with Gasteiger partial charge in [0.15, 0.2) is 0 Å². The summed E-state index contributed by atoms with van der Waals surface area (Å²) in [7, 11) is 1.34. The first kappa shape index (κ1) is 15.9. The van der Waals surface area contributed by atoms with Crippen molar-refractivity contribution >= 4 is 43.1 Å². The summed E-state index contributed by atoms with van der Waals surface area (Å²) in [6.45, 7) is 0. The molecule has 0 saturated heterocycles. The lowest BCUT2D eigenvalue weighted by atomic mass is 10.3. The number of nitrogens with zero attached hydrogens (tertiary/aromatic N) is 1. The number of pyridine rings is 1. The van der Waals surface area contributed by atoms with Crippen LogP contribution in [0.3, 0.4) is 0 Å². The number of hydrogen-bond donors (Lipinski definition) is 0. The molecule has 1 heterocycles. The SMILES string of the molecule is O=S(=O)(Cl)CCSc1ncc(C(F)(F)F)cc1Cl. The zero-order valence-corrected chi connectivity index (χ0v) is 11.7. The highest BCUT2D eigenvalue weighted by molar-refractivity contribution is 8.14. The van der Waals surface area contributed by atoms with E-state index in [1.54, 1.807) is 0 Å². The van der Waals surface area contributed by atoms with Crippen molar-refractivity contribution in [2.24, 2.45) is 0 Å². The molecule has 0 aliphatic carbocycles. The van der Waals surface area contributed by atoms with Crippen LogP contribution in [0.1, 0.15) is 5.56 Å². The molecule has 0 radical (unpaired) electrons. The number of hydrogen-bond acceptors (Lipinski definition) is 4. The summed E-state index contributed by atoms with van der Waals surface area (Å²) in [5, 5.41) is -0.0493. The van der Waals surface area contributed by atoms with Crippen LogP contribution in [0.5, 0.6) is 0 Å². The van der Waals surface area contributed by atoms with E-state index in [-0.39, 0.29) is 21.6 Å². The number of thioether (sulfide) groups is 1. The Balaban J connectivity index is 2.75. The van der Waals surface area contributed by atoms with Crippen molar-refractivity contribution in [1.29, 1.82) is 0 Å². The minimum atomic E-state index is -4.51. The molecule has 0 aliphatic heterocycles. The molecule has 0 spiro atoms. The Hall–Kier alpha value is -0.180. The van der Waals surface area contributed by atoms with Crippen molar-refractivity contribution in [2.45, 2.75) is 11.2 Å². The molecule has 3 nitrogen and oxygen atoms in total. The maximum atomic E-state index is 12.3. The first-order chi connectivity index (χ1) is 8.09. The summed E-state index contributed by atoms with van der Waals surface area (Å²) in [6, 6.07) is 0.742. The Morgan fingerprint density at radius 1 is 1.39 bits per heavy atom. The largest absolute Gasteiger partial charge is 0.417 e. The van der Waals surface area contributed by atoms with Gasteiger partial charge >= 0.3 is 6.18 Å². The van der Waals surface area contributed by atoms with Gasteiger partial charge in [-0.05, 0) is 6.07 Å². The highest BCUT2D eigenvalue weighted by Crippen LogP contribution is 2.33. The Kier molecular flexibility index (Phi) is 5.16. The fraction of sp³-hybridized carbons (Fsp3) is 0.375. The molecule has 0 amide bonds. The van der Waals surface area contributed by atoms with E-state index in [0.29, 0.717) is 6.20 Å². The zero-order valence-electron chi connectivity index (χ0n) is 8.54. The Morgan fingerprint density at radius 2 is 2.00 bits per heavy atom. The summed E-state index contributed by atoms with van der Waals surface area (Å²) in [5.41, 5.74) is -0.957. The second-order valence-corrected chi connectivity index (χ2v) is 7.49. The molecule has 1 rings (SSSR count). The number of rotatable bonds is 4. The molecule has 18 heavy (non-hydrogen) atoms. The van der Waals surface area contributed by atoms with Gasteiger partial charge in [0.05, 0.1) is 16.3 Å². The molecule has 1 aromatic heterocycles. The van der Waals surface area contributed by atoms with Gasteiger partial charge in [-0.1, -0.05) is 11.6 Å². The van der Waals surface area contributed by atoms with E-state index >= 15 is 0 Å². The quantitative estimate of drug-likeness (QED) is 0.623. The van der Waals surface area contributed by atoms with Gasteiger partial charge < -0.3 is 0 Å². The monoisotopic (exact) mass is 339 g/mol. The molecule has 10 heteroatoms. The maximum absolute atomic E-state index is 12.3. The lowest BCUT2D eigenvalue weighted by molar-refractivity contribution is -0.137. The summed E-state index contributed by atoms with van der Waals surface area (Å²) < 4.78 is 58.2. The predicted molar refractivity (Wildman–Crippen MR) is 64.6 cm³/mol. The van der Waals surface area contributed by atoms with E-state index in [2.05, 4.69) is 4.98 Å². The summed E-state index contributed by atoms with van der Waals surface area (Å²) >= 11 is 6.54. The fourth-order valence-corrected chi connectivity index (χ4v) is 3.47. The molecule has 0 aliphatic rings. The number of halogens is 5. The summed E-state index contributed by atoms with van der Waals surface area (Å²) in [6.07, 6.45) is -3.87. The van der Waals surface area contributed by atoms with Gasteiger partial charge in [-0.25, -0.2) is 13.4 Å². The fourth-order valence-electron chi connectivity index (χ4n) is 0.924. The summed E-state index contributed by atoms with van der Waals surface area (Å²) in [4.78, 5) is 3.54. The normalized spacial score (nSPS) is 12.7. The second kappa shape index (κ2) is 5.85. The number of aromatic nitrogens is 1. The second-order valence-electron chi connectivity index (χ2n) is 3.10. The van der Waals surface area contributed by atoms with Crippen LogP contribution in [0.15, 0.2) is 17.3 Å². The van der Waals surface area contributed by atoms with Crippen molar-refractivity contribution in [3.05, 3.63) is 22.8 Å². The van der Waals surface area contributed by atoms with E-state index in [1.807, 2.05) is 0 Å². The van der Waals surface area contributed by atoms with Gasteiger partial charge in [0, 0.05) is 22.6 Å². The van der Waals surface area contributed by atoms with Crippen LogP contribution >= 0.6 is 34.0 Å². The van der Waals surface area contributed by atoms with Crippen LogP contribution in [0, 0.1) is 0 Å². The highest BCUT2D eigenvalue weighted by Gasteiger charge is 2.31. The third kappa shape index (κ3) is 5.21. The Labute approximate surface area is 115 Å². The van der Waals surface area contributed by atoms with Crippen LogP contribution in [-0.2, 0) is 15.2 Å². The average molecular weight is 340 g/mol. The minimum Gasteiger partial charge on any atom is -0.248 e. The first-order valence-corrected chi connectivity index (χ1v) is 8.21. The maximum Gasteiger partial charge on any atom is 0.417 e. The molecule has 102 valence electrons. The molecular formula is C8H6Cl2F3NO2S2. The minimum absolute atomic E-state index is 0.0594. The van der Waals surface area contributed by atoms with Crippen LogP contribution in [0.4, 0.5) is 13.2 Å². The van der Waals surface area contributed by atoms with Crippen molar-refractivity contribution in [3.63, 3.8) is 0 Å². The summed E-state index contributed by atoms with van der Waals surface area (Å²) in [5.74, 6) is -0.262. The van der Waals surface area contributed by atoms with Crippen LogP contribution in [-0.4, -0.2) is 24.9 Å². The molecule has 0 N–H and O–H groups in total. The van der Waals surface area contributed by atoms with Gasteiger partial charge in [0.1, 0.15) is 5.03 Å². The standard InChI is InChI=1S/C8H6Cl2F3NO2S2/c9-6-3-5(8(11,12)13)4-14-7(6)17-1-2-18(10,15)16/h3-4H,1-2H2. The predicted octanol–water partition coefficient (Wildman–Crippen LogP) is 3.41. The van der Waals surface area contributed by atoms with Crippen LogP contribution in [0.2, 0.25) is 5.02 Å². The molecule has 0 bridgehead atoms. The van der Waals surface area contributed by atoms with Crippen molar-refractivity contribution in [3.8, 4) is 0 Å². The molecule has 1 aromatic rings. The van der Waals surface area contributed by atoms with E-state index in [9.17, 15) is 21.6 Å². The molecule has 0 aromatic carbocycles. The van der Waals surface area contributed by atoms with Crippen molar-refractivity contribution in [1.82, 2.24) is 4.98 Å². The van der Waals surface area contributed by atoms with Gasteiger partial charge in [-0.15, -0.1) is 11.8 Å².